The average Bonchev–Trinajstić information content (AvgIpc) is 3.17. The minimum atomic E-state index is -3.49. The largest absolute Gasteiger partial charge is 0.250 e. The SMILES string of the molecule is O=S(=O)(N[C@@H]1C[C@H]1c1ccccc1)c1ccc(-c2ccc(Cl)cc2)s1. The van der Waals surface area contributed by atoms with E-state index in [1.807, 2.05) is 48.5 Å². The molecule has 1 aliphatic carbocycles. The van der Waals surface area contributed by atoms with Gasteiger partial charge >= 0.3 is 0 Å². The van der Waals surface area contributed by atoms with Crippen molar-refractivity contribution in [3.05, 3.63) is 77.3 Å². The highest BCUT2D eigenvalue weighted by atomic mass is 35.5. The van der Waals surface area contributed by atoms with Gasteiger partial charge in [-0.2, -0.15) is 0 Å². The van der Waals surface area contributed by atoms with Crippen molar-refractivity contribution in [3.8, 4) is 10.4 Å². The van der Waals surface area contributed by atoms with Crippen molar-refractivity contribution in [2.24, 2.45) is 0 Å². The molecule has 6 heteroatoms. The zero-order valence-corrected chi connectivity index (χ0v) is 15.6. The molecule has 3 aromatic rings. The molecule has 2 atom stereocenters. The Labute approximate surface area is 156 Å². The summed E-state index contributed by atoms with van der Waals surface area (Å²) in [5, 5.41) is 0.663. The van der Waals surface area contributed by atoms with Crippen LogP contribution in [0.5, 0.6) is 0 Å². The Bertz CT molecular complexity index is 982. The maximum absolute atomic E-state index is 12.6. The van der Waals surface area contributed by atoms with Gasteiger partial charge < -0.3 is 0 Å². The Kier molecular flexibility index (Phi) is 4.41. The molecule has 128 valence electrons. The molecule has 1 aliphatic rings. The van der Waals surface area contributed by atoms with Gasteiger partial charge in [0.2, 0.25) is 10.0 Å². The lowest BCUT2D eigenvalue weighted by Gasteiger charge is -2.04. The molecule has 4 rings (SSSR count). The molecule has 0 unspecified atom stereocenters. The Morgan fingerprint density at radius 1 is 0.960 bits per heavy atom. The second-order valence-corrected chi connectivity index (χ2v) is 9.57. The maximum atomic E-state index is 12.6. The van der Waals surface area contributed by atoms with E-state index in [1.54, 1.807) is 18.2 Å². The fraction of sp³-hybridized carbons (Fsp3) is 0.158. The number of hydrogen-bond donors (Lipinski definition) is 1. The first-order chi connectivity index (χ1) is 12.0. The van der Waals surface area contributed by atoms with Crippen molar-refractivity contribution in [3.63, 3.8) is 0 Å². The Hall–Kier alpha value is -1.66. The number of nitrogens with one attached hydrogen (secondary N) is 1. The van der Waals surface area contributed by atoms with E-state index in [0.29, 0.717) is 9.23 Å². The van der Waals surface area contributed by atoms with Gasteiger partial charge in [0.25, 0.3) is 0 Å². The van der Waals surface area contributed by atoms with Crippen molar-refractivity contribution in [2.75, 3.05) is 0 Å². The van der Waals surface area contributed by atoms with Crippen molar-refractivity contribution >= 4 is 33.0 Å². The highest BCUT2D eigenvalue weighted by Crippen LogP contribution is 2.42. The van der Waals surface area contributed by atoms with Crippen LogP contribution in [-0.2, 0) is 10.0 Å². The van der Waals surface area contributed by atoms with E-state index in [2.05, 4.69) is 4.72 Å². The van der Waals surface area contributed by atoms with Gasteiger partial charge in [-0.15, -0.1) is 11.3 Å². The fourth-order valence-corrected chi connectivity index (χ4v) is 5.63. The van der Waals surface area contributed by atoms with Crippen LogP contribution in [0.15, 0.2) is 70.9 Å². The molecule has 0 aliphatic heterocycles. The third-order valence-corrected chi connectivity index (χ3v) is 7.67. The predicted octanol–water partition coefficient (Wildman–Crippen LogP) is 4.90. The average molecular weight is 390 g/mol. The monoisotopic (exact) mass is 389 g/mol. The molecule has 25 heavy (non-hydrogen) atoms. The second kappa shape index (κ2) is 6.57. The molecule has 0 bridgehead atoms. The van der Waals surface area contributed by atoms with Crippen LogP contribution in [0.4, 0.5) is 0 Å². The van der Waals surface area contributed by atoms with E-state index in [0.717, 1.165) is 16.9 Å². The van der Waals surface area contributed by atoms with Crippen LogP contribution in [0.1, 0.15) is 17.9 Å². The van der Waals surface area contributed by atoms with Crippen molar-refractivity contribution in [1.29, 1.82) is 0 Å². The third kappa shape index (κ3) is 3.65. The lowest BCUT2D eigenvalue weighted by molar-refractivity contribution is 0.582. The molecule has 1 aromatic heterocycles. The van der Waals surface area contributed by atoms with Gasteiger partial charge in [-0.05, 0) is 41.8 Å². The zero-order chi connectivity index (χ0) is 17.4. The summed E-state index contributed by atoms with van der Waals surface area (Å²) in [5.74, 6) is 0.270. The molecule has 1 N–H and O–H groups in total. The molecule has 2 aromatic carbocycles. The summed E-state index contributed by atoms with van der Waals surface area (Å²) in [7, 11) is -3.49. The van der Waals surface area contributed by atoms with Crippen LogP contribution in [0.3, 0.4) is 0 Å². The first kappa shape index (κ1) is 16.8. The first-order valence-electron chi connectivity index (χ1n) is 7.96. The van der Waals surface area contributed by atoms with Gasteiger partial charge in [0.05, 0.1) is 0 Å². The Balaban J connectivity index is 1.49. The maximum Gasteiger partial charge on any atom is 0.250 e. The van der Waals surface area contributed by atoms with E-state index in [9.17, 15) is 8.42 Å². The first-order valence-corrected chi connectivity index (χ1v) is 10.6. The third-order valence-electron chi connectivity index (χ3n) is 4.30. The van der Waals surface area contributed by atoms with Crippen LogP contribution in [-0.4, -0.2) is 14.5 Å². The van der Waals surface area contributed by atoms with Crippen LogP contribution < -0.4 is 4.72 Å². The Morgan fingerprint density at radius 3 is 2.40 bits per heavy atom. The second-order valence-electron chi connectivity index (χ2n) is 6.11. The minimum Gasteiger partial charge on any atom is -0.207 e. The summed E-state index contributed by atoms with van der Waals surface area (Å²) in [5.41, 5.74) is 2.15. The normalized spacial score (nSPS) is 19.7. The standard InChI is InChI=1S/C19H16ClNO2S2/c20-15-8-6-14(7-9-15)18-10-11-19(24-18)25(22,23)21-17-12-16(17)13-4-2-1-3-5-13/h1-11,16-17,21H,12H2/t16-,17+/m0/s1. The lowest BCUT2D eigenvalue weighted by atomic mass is 10.1. The molecule has 1 saturated carbocycles. The summed E-state index contributed by atoms with van der Waals surface area (Å²) in [4.78, 5) is 0.910. The van der Waals surface area contributed by atoms with E-state index < -0.39 is 10.0 Å². The van der Waals surface area contributed by atoms with E-state index in [4.69, 9.17) is 11.6 Å². The van der Waals surface area contributed by atoms with E-state index in [-0.39, 0.29) is 12.0 Å². The quantitative estimate of drug-likeness (QED) is 0.674. The molecule has 1 heterocycles. The van der Waals surface area contributed by atoms with Gasteiger partial charge in [0.15, 0.2) is 0 Å². The topological polar surface area (TPSA) is 46.2 Å². The smallest absolute Gasteiger partial charge is 0.207 e. The highest BCUT2D eigenvalue weighted by molar-refractivity contribution is 7.91. The summed E-state index contributed by atoms with van der Waals surface area (Å²) < 4.78 is 28.4. The summed E-state index contributed by atoms with van der Waals surface area (Å²) in [6.07, 6.45) is 0.846. The predicted molar refractivity (Wildman–Crippen MR) is 103 cm³/mol. The minimum absolute atomic E-state index is 0.0199. The number of rotatable bonds is 5. The molecule has 0 radical (unpaired) electrons. The van der Waals surface area contributed by atoms with Gasteiger partial charge in [-0.25, -0.2) is 13.1 Å². The van der Waals surface area contributed by atoms with Crippen molar-refractivity contribution < 1.29 is 8.42 Å². The molecule has 1 fully saturated rings. The van der Waals surface area contributed by atoms with Crippen LogP contribution in [0, 0.1) is 0 Å². The van der Waals surface area contributed by atoms with Crippen molar-refractivity contribution in [1.82, 2.24) is 4.72 Å². The van der Waals surface area contributed by atoms with E-state index >= 15 is 0 Å². The number of hydrogen-bond acceptors (Lipinski definition) is 3. The number of halogens is 1. The van der Waals surface area contributed by atoms with E-state index in [1.165, 1.54) is 16.9 Å². The van der Waals surface area contributed by atoms with Gasteiger partial charge in [0.1, 0.15) is 4.21 Å². The number of benzene rings is 2. The number of sulfonamides is 1. The fourth-order valence-electron chi connectivity index (χ4n) is 2.89. The molecular weight excluding hydrogens is 374 g/mol. The van der Waals surface area contributed by atoms with Crippen LogP contribution in [0.25, 0.3) is 10.4 Å². The van der Waals surface area contributed by atoms with Crippen LogP contribution >= 0.6 is 22.9 Å². The highest BCUT2D eigenvalue weighted by Gasteiger charge is 2.41. The van der Waals surface area contributed by atoms with Crippen LogP contribution in [0.2, 0.25) is 5.02 Å². The van der Waals surface area contributed by atoms with Gasteiger partial charge in [0, 0.05) is 21.9 Å². The summed E-state index contributed by atoms with van der Waals surface area (Å²) in [6.45, 7) is 0. The Morgan fingerprint density at radius 2 is 1.68 bits per heavy atom. The summed E-state index contributed by atoms with van der Waals surface area (Å²) >= 11 is 7.17. The molecule has 0 spiro atoms. The zero-order valence-electron chi connectivity index (χ0n) is 13.2. The van der Waals surface area contributed by atoms with Gasteiger partial charge in [-0.1, -0.05) is 54.1 Å². The molecule has 0 amide bonds. The van der Waals surface area contributed by atoms with Gasteiger partial charge in [-0.3, -0.25) is 0 Å². The summed E-state index contributed by atoms with van der Waals surface area (Å²) in [6, 6.07) is 20.9. The van der Waals surface area contributed by atoms with Crippen molar-refractivity contribution in [2.45, 2.75) is 22.6 Å². The molecule has 0 saturated heterocycles. The molecular formula is C19H16ClNO2S2. The lowest BCUT2D eigenvalue weighted by Crippen LogP contribution is -2.26. The number of thiophene rings is 1. The molecule has 3 nitrogen and oxygen atoms in total.